The molecule has 1 aliphatic rings. The molecular weight excluding hydrogens is 318 g/mol. The normalized spacial score (nSPS) is 23.7. The highest BCUT2D eigenvalue weighted by molar-refractivity contribution is 9.09. The number of hydrogen-bond acceptors (Lipinski definition) is 2. The summed E-state index contributed by atoms with van der Waals surface area (Å²) in [5.74, 6) is -0.331. The molecule has 1 saturated carbocycles. The third-order valence-electron chi connectivity index (χ3n) is 3.20. The van der Waals surface area contributed by atoms with Gasteiger partial charge >= 0.3 is 0 Å². The predicted octanol–water partition coefficient (Wildman–Crippen LogP) is 3.48. The Labute approximate surface area is 120 Å². The molecule has 5 heteroatoms. The summed E-state index contributed by atoms with van der Waals surface area (Å²) >= 11 is 9.33. The van der Waals surface area contributed by atoms with E-state index in [0.717, 1.165) is 19.3 Å². The van der Waals surface area contributed by atoms with Crippen LogP contribution >= 0.6 is 27.5 Å². The van der Waals surface area contributed by atoms with Crippen LogP contribution in [-0.2, 0) is 0 Å². The number of amides is 1. The second-order valence-electron chi connectivity index (χ2n) is 4.54. The van der Waals surface area contributed by atoms with Crippen molar-refractivity contribution in [2.75, 3.05) is 0 Å². The molecule has 2 rings (SSSR count). The largest absolute Gasteiger partial charge is 0.507 e. The summed E-state index contributed by atoms with van der Waals surface area (Å²) in [6.45, 7) is 0. The number of carbonyl (C=O) groups is 1. The van der Waals surface area contributed by atoms with Crippen LogP contribution in [0.3, 0.4) is 0 Å². The van der Waals surface area contributed by atoms with Crippen LogP contribution in [0, 0.1) is 0 Å². The first-order valence-corrected chi connectivity index (χ1v) is 7.31. The highest BCUT2D eigenvalue weighted by atomic mass is 79.9. The number of rotatable bonds is 2. The average molecular weight is 333 g/mol. The van der Waals surface area contributed by atoms with E-state index < -0.39 is 0 Å². The van der Waals surface area contributed by atoms with E-state index in [1.165, 1.54) is 12.5 Å². The maximum atomic E-state index is 12.1. The highest BCUT2D eigenvalue weighted by Crippen LogP contribution is 2.26. The Morgan fingerprint density at radius 2 is 2.11 bits per heavy atom. The van der Waals surface area contributed by atoms with Crippen molar-refractivity contribution in [3.05, 3.63) is 28.8 Å². The summed E-state index contributed by atoms with van der Waals surface area (Å²) in [5, 5.41) is 13.1. The van der Waals surface area contributed by atoms with E-state index in [9.17, 15) is 9.90 Å². The fourth-order valence-corrected chi connectivity index (χ4v) is 3.08. The summed E-state index contributed by atoms with van der Waals surface area (Å²) in [4.78, 5) is 12.4. The molecule has 0 saturated heterocycles. The molecule has 1 aliphatic carbocycles. The number of phenols is 1. The molecule has 1 aromatic rings. The van der Waals surface area contributed by atoms with Gasteiger partial charge in [0.15, 0.2) is 0 Å². The van der Waals surface area contributed by atoms with E-state index in [2.05, 4.69) is 21.2 Å². The quantitative estimate of drug-likeness (QED) is 0.815. The molecule has 0 spiro atoms. The first-order valence-electron chi connectivity index (χ1n) is 6.01. The maximum Gasteiger partial charge on any atom is 0.255 e. The van der Waals surface area contributed by atoms with Crippen LogP contribution in [0.5, 0.6) is 5.75 Å². The van der Waals surface area contributed by atoms with Gasteiger partial charge in [-0.25, -0.2) is 0 Å². The molecule has 1 fully saturated rings. The van der Waals surface area contributed by atoms with E-state index in [0.29, 0.717) is 9.85 Å². The van der Waals surface area contributed by atoms with Crippen molar-refractivity contribution in [2.24, 2.45) is 0 Å². The second-order valence-corrected chi connectivity index (χ2v) is 6.15. The third kappa shape index (κ3) is 3.18. The van der Waals surface area contributed by atoms with Gasteiger partial charge < -0.3 is 10.4 Å². The van der Waals surface area contributed by atoms with Gasteiger partial charge in [-0.1, -0.05) is 40.4 Å². The van der Waals surface area contributed by atoms with Gasteiger partial charge in [0.1, 0.15) is 5.75 Å². The molecule has 2 atom stereocenters. The number of halogens is 2. The Morgan fingerprint density at radius 1 is 1.39 bits per heavy atom. The molecule has 3 nitrogen and oxygen atoms in total. The fraction of sp³-hybridized carbons (Fsp3) is 0.462. The average Bonchev–Trinajstić information content (AvgIpc) is 2.32. The summed E-state index contributed by atoms with van der Waals surface area (Å²) in [6, 6.07) is 4.64. The molecular formula is C13H15BrClNO2. The molecule has 2 unspecified atom stereocenters. The van der Waals surface area contributed by atoms with E-state index >= 15 is 0 Å². The van der Waals surface area contributed by atoms with Crippen molar-refractivity contribution >= 4 is 33.4 Å². The number of carbonyl (C=O) groups excluding carboxylic acids is 1. The smallest absolute Gasteiger partial charge is 0.255 e. The van der Waals surface area contributed by atoms with E-state index in [1.807, 2.05) is 0 Å². The third-order valence-corrected chi connectivity index (χ3v) is 4.53. The molecule has 1 amide bonds. The molecule has 98 valence electrons. The van der Waals surface area contributed by atoms with Gasteiger partial charge in [0.2, 0.25) is 0 Å². The van der Waals surface area contributed by atoms with Crippen molar-refractivity contribution < 1.29 is 9.90 Å². The van der Waals surface area contributed by atoms with Crippen molar-refractivity contribution in [2.45, 2.75) is 36.6 Å². The fourth-order valence-electron chi connectivity index (χ4n) is 2.19. The minimum absolute atomic E-state index is 0.0815. The monoisotopic (exact) mass is 331 g/mol. The minimum Gasteiger partial charge on any atom is -0.507 e. The molecule has 0 aliphatic heterocycles. The van der Waals surface area contributed by atoms with Gasteiger partial charge in [-0.3, -0.25) is 4.79 Å². The lowest BCUT2D eigenvalue weighted by Gasteiger charge is -2.28. The zero-order chi connectivity index (χ0) is 13.1. The second kappa shape index (κ2) is 5.93. The maximum absolute atomic E-state index is 12.1. The number of hydrogen-bond donors (Lipinski definition) is 2. The van der Waals surface area contributed by atoms with Crippen LogP contribution in [0.2, 0.25) is 5.02 Å². The lowest BCUT2D eigenvalue weighted by Crippen LogP contribution is -2.42. The molecule has 0 aromatic heterocycles. The first kappa shape index (κ1) is 13.7. The number of aromatic hydroxyl groups is 1. The van der Waals surface area contributed by atoms with E-state index in [1.54, 1.807) is 12.1 Å². The Hall–Kier alpha value is -0.740. The van der Waals surface area contributed by atoms with Gasteiger partial charge in [0.25, 0.3) is 5.91 Å². The van der Waals surface area contributed by atoms with Crippen LogP contribution in [-0.4, -0.2) is 21.9 Å². The predicted molar refractivity (Wildman–Crippen MR) is 75.6 cm³/mol. The summed E-state index contributed by atoms with van der Waals surface area (Å²) in [7, 11) is 0. The van der Waals surface area contributed by atoms with Crippen LogP contribution in [0.1, 0.15) is 36.0 Å². The van der Waals surface area contributed by atoms with Crippen molar-refractivity contribution in [3.63, 3.8) is 0 Å². The number of benzene rings is 1. The molecule has 0 radical (unpaired) electrons. The molecule has 2 N–H and O–H groups in total. The summed E-state index contributed by atoms with van der Waals surface area (Å²) < 4.78 is 0. The van der Waals surface area contributed by atoms with Crippen LogP contribution < -0.4 is 5.32 Å². The van der Waals surface area contributed by atoms with Gasteiger partial charge in [-0.2, -0.15) is 0 Å². The van der Waals surface area contributed by atoms with E-state index in [-0.39, 0.29) is 23.3 Å². The van der Waals surface area contributed by atoms with Crippen LogP contribution in [0.4, 0.5) is 0 Å². The standard InChI is InChI=1S/C13H15BrClNO2/c14-10-3-1-2-4-11(10)16-13(18)9-6-5-8(15)7-12(9)17/h5-7,10-11,17H,1-4H2,(H,16,18). The highest BCUT2D eigenvalue weighted by Gasteiger charge is 2.25. The topological polar surface area (TPSA) is 49.3 Å². The van der Waals surface area contributed by atoms with Crippen molar-refractivity contribution in [1.29, 1.82) is 0 Å². The van der Waals surface area contributed by atoms with Crippen LogP contribution in [0.15, 0.2) is 18.2 Å². The minimum atomic E-state index is -0.250. The molecule has 1 aromatic carbocycles. The van der Waals surface area contributed by atoms with Crippen molar-refractivity contribution in [1.82, 2.24) is 5.32 Å². The van der Waals surface area contributed by atoms with E-state index in [4.69, 9.17) is 11.6 Å². The lowest BCUT2D eigenvalue weighted by atomic mass is 9.95. The number of nitrogens with one attached hydrogen (secondary N) is 1. The number of alkyl halides is 1. The number of phenolic OH excluding ortho intramolecular Hbond substituents is 1. The summed E-state index contributed by atoms with van der Waals surface area (Å²) in [5.41, 5.74) is 0.268. The lowest BCUT2D eigenvalue weighted by molar-refractivity contribution is 0.0927. The SMILES string of the molecule is O=C(NC1CCCCC1Br)c1ccc(Cl)cc1O. The molecule has 0 heterocycles. The molecule has 18 heavy (non-hydrogen) atoms. The zero-order valence-corrected chi connectivity index (χ0v) is 12.2. The van der Waals surface area contributed by atoms with Gasteiger partial charge in [0, 0.05) is 15.9 Å². The Kier molecular flexibility index (Phi) is 4.51. The first-order chi connectivity index (χ1) is 8.58. The van der Waals surface area contributed by atoms with Gasteiger partial charge in [-0.05, 0) is 31.0 Å². The van der Waals surface area contributed by atoms with Crippen LogP contribution in [0.25, 0.3) is 0 Å². The Morgan fingerprint density at radius 3 is 2.78 bits per heavy atom. The zero-order valence-electron chi connectivity index (χ0n) is 9.83. The van der Waals surface area contributed by atoms with Gasteiger partial charge in [0.05, 0.1) is 5.56 Å². The Balaban J connectivity index is 2.07. The Bertz CT molecular complexity index is 453. The van der Waals surface area contributed by atoms with Crippen molar-refractivity contribution in [3.8, 4) is 5.75 Å². The summed E-state index contributed by atoms with van der Waals surface area (Å²) in [6.07, 6.45) is 4.35. The molecule has 0 bridgehead atoms. The van der Waals surface area contributed by atoms with Gasteiger partial charge in [-0.15, -0.1) is 0 Å².